The summed E-state index contributed by atoms with van der Waals surface area (Å²) in [6, 6.07) is 7.21. The second kappa shape index (κ2) is 7.79. The van der Waals surface area contributed by atoms with Crippen LogP contribution in [0.1, 0.15) is 51.1 Å². The van der Waals surface area contributed by atoms with Gasteiger partial charge in [0.2, 0.25) is 5.91 Å². The van der Waals surface area contributed by atoms with E-state index < -0.39 is 0 Å². The monoisotopic (exact) mass is 410 g/mol. The van der Waals surface area contributed by atoms with Gasteiger partial charge in [-0.05, 0) is 49.9 Å². The van der Waals surface area contributed by atoms with E-state index in [0.29, 0.717) is 10.8 Å². The summed E-state index contributed by atoms with van der Waals surface area (Å²) in [4.78, 5) is 35.4. The number of nitrogens with one attached hydrogen (secondary N) is 2. The van der Waals surface area contributed by atoms with Gasteiger partial charge in [-0.2, -0.15) is 0 Å². The summed E-state index contributed by atoms with van der Waals surface area (Å²) in [6.45, 7) is 3.84. The van der Waals surface area contributed by atoms with Gasteiger partial charge in [0.15, 0.2) is 0 Å². The van der Waals surface area contributed by atoms with Gasteiger partial charge in [-0.15, -0.1) is 11.3 Å². The minimum atomic E-state index is -0.346. The highest BCUT2D eigenvalue weighted by molar-refractivity contribution is 7.20. The van der Waals surface area contributed by atoms with E-state index in [1.807, 2.05) is 26.0 Å². The number of amides is 2. The minimum Gasteiger partial charge on any atom is -0.497 e. The molecule has 150 valence electrons. The highest BCUT2D eigenvalue weighted by Crippen LogP contribution is 2.40. The maximum atomic E-state index is 12.6. The average molecular weight is 410 g/mol. The van der Waals surface area contributed by atoms with Crippen LogP contribution in [-0.2, 0) is 11.2 Å². The number of aromatic nitrogens is 2. The molecule has 0 atom stereocenters. The number of benzene rings is 1. The average Bonchev–Trinajstić information content (AvgIpc) is 3.50. The molecular formula is C21H22N4O3S. The van der Waals surface area contributed by atoms with E-state index in [9.17, 15) is 9.59 Å². The zero-order valence-corrected chi connectivity index (χ0v) is 17.4. The number of hydrogen-bond acceptors (Lipinski definition) is 6. The Hall–Kier alpha value is -3.00. The number of aryl methyl sites for hydroxylation is 2. The van der Waals surface area contributed by atoms with Gasteiger partial charge in [-0.3, -0.25) is 20.4 Å². The summed E-state index contributed by atoms with van der Waals surface area (Å²) in [7, 11) is 1.59. The molecule has 0 saturated heterocycles. The van der Waals surface area contributed by atoms with Crippen molar-refractivity contribution in [1.82, 2.24) is 20.8 Å². The SMILES string of the molecule is COc1ccc(CC(=O)NNC(=O)c2sc3nc(C4CC4)nc(C)c3c2C)cc1. The Morgan fingerprint density at radius 2 is 1.86 bits per heavy atom. The number of hydrazine groups is 1. The molecular weight excluding hydrogens is 388 g/mol. The highest BCUT2D eigenvalue weighted by Gasteiger charge is 2.28. The lowest BCUT2D eigenvalue weighted by Crippen LogP contribution is -2.42. The molecule has 1 fully saturated rings. The van der Waals surface area contributed by atoms with E-state index in [1.54, 1.807) is 19.2 Å². The number of nitrogens with zero attached hydrogens (tertiary/aromatic N) is 2. The number of hydrogen-bond donors (Lipinski definition) is 2. The summed E-state index contributed by atoms with van der Waals surface area (Å²) in [5, 5.41) is 0.925. The fourth-order valence-electron chi connectivity index (χ4n) is 3.26. The molecule has 1 saturated carbocycles. The molecule has 2 heterocycles. The molecule has 1 aromatic carbocycles. The van der Waals surface area contributed by atoms with Crippen molar-refractivity contribution in [3.05, 3.63) is 51.8 Å². The Labute approximate surface area is 172 Å². The van der Waals surface area contributed by atoms with Crippen molar-refractivity contribution in [2.45, 2.75) is 39.0 Å². The maximum Gasteiger partial charge on any atom is 0.280 e. The second-order valence-electron chi connectivity index (χ2n) is 7.20. The van der Waals surface area contributed by atoms with E-state index in [0.717, 1.165) is 51.5 Å². The molecule has 0 radical (unpaired) electrons. The maximum absolute atomic E-state index is 12.6. The Morgan fingerprint density at radius 3 is 2.52 bits per heavy atom. The fraction of sp³-hybridized carbons (Fsp3) is 0.333. The van der Waals surface area contributed by atoms with E-state index in [4.69, 9.17) is 4.74 Å². The molecule has 3 aromatic rings. The molecule has 4 rings (SSSR count). The van der Waals surface area contributed by atoms with Crippen LogP contribution >= 0.6 is 11.3 Å². The van der Waals surface area contributed by atoms with Crippen molar-refractivity contribution in [3.63, 3.8) is 0 Å². The smallest absolute Gasteiger partial charge is 0.280 e. The van der Waals surface area contributed by atoms with Crippen molar-refractivity contribution in [3.8, 4) is 5.75 Å². The van der Waals surface area contributed by atoms with E-state index >= 15 is 0 Å². The van der Waals surface area contributed by atoms with E-state index in [-0.39, 0.29) is 18.2 Å². The third-order valence-electron chi connectivity index (χ3n) is 4.98. The van der Waals surface area contributed by atoms with Crippen molar-refractivity contribution >= 4 is 33.4 Å². The molecule has 2 N–H and O–H groups in total. The molecule has 0 unspecified atom stereocenters. The number of methoxy groups -OCH3 is 1. The van der Waals surface area contributed by atoms with Gasteiger partial charge in [0.1, 0.15) is 16.4 Å². The van der Waals surface area contributed by atoms with Crippen LogP contribution in [0.3, 0.4) is 0 Å². The van der Waals surface area contributed by atoms with Crippen LogP contribution in [0.5, 0.6) is 5.75 Å². The molecule has 8 heteroatoms. The van der Waals surface area contributed by atoms with Crippen LogP contribution < -0.4 is 15.6 Å². The predicted molar refractivity (Wildman–Crippen MR) is 111 cm³/mol. The van der Waals surface area contributed by atoms with Crippen LogP contribution in [-0.4, -0.2) is 28.9 Å². The summed E-state index contributed by atoms with van der Waals surface area (Å²) in [5.41, 5.74) is 7.56. The lowest BCUT2D eigenvalue weighted by Gasteiger charge is -2.07. The number of rotatable bonds is 5. The zero-order valence-electron chi connectivity index (χ0n) is 16.5. The molecule has 7 nitrogen and oxygen atoms in total. The number of fused-ring (bicyclic) bond motifs is 1. The molecule has 1 aliphatic carbocycles. The van der Waals surface area contributed by atoms with Gasteiger partial charge in [0, 0.05) is 11.3 Å². The van der Waals surface area contributed by atoms with Crippen LogP contribution in [0.4, 0.5) is 0 Å². The first-order chi connectivity index (χ1) is 14.0. The molecule has 0 bridgehead atoms. The Bertz CT molecular complexity index is 1090. The largest absolute Gasteiger partial charge is 0.497 e. The summed E-state index contributed by atoms with van der Waals surface area (Å²) in [5.74, 6) is 1.41. The van der Waals surface area contributed by atoms with Crippen molar-refractivity contribution in [2.75, 3.05) is 7.11 Å². The van der Waals surface area contributed by atoms with Crippen LogP contribution in [0.25, 0.3) is 10.2 Å². The predicted octanol–water partition coefficient (Wildman–Crippen LogP) is 3.20. The summed E-state index contributed by atoms with van der Waals surface area (Å²) in [6.07, 6.45) is 2.41. The summed E-state index contributed by atoms with van der Waals surface area (Å²) < 4.78 is 5.10. The first kappa shape index (κ1) is 19.3. The van der Waals surface area contributed by atoms with Gasteiger partial charge in [-0.1, -0.05) is 12.1 Å². The Balaban J connectivity index is 1.43. The molecule has 0 aliphatic heterocycles. The van der Waals surface area contributed by atoms with Crippen LogP contribution in [0, 0.1) is 13.8 Å². The van der Waals surface area contributed by atoms with Crippen molar-refractivity contribution < 1.29 is 14.3 Å². The van der Waals surface area contributed by atoms with Crippen LogP contribution in [0.15, 0.2) is 24.3 Å². The van der Waals surface area contributed by atoms with Gasteiger partial charge in [-0.25, -0.2) is 9.97 Å². The quantitative estimate of drug-likeness (QED) is 0.630. The van der Waals surface area contributed by atoms with Gasteiger partial charge in [0.05, 0.1) is 24.1 Å². The van der Waals surface area contributed by atoms with Crippen LogP contribution in [0.2, 0.25) is 0 Å². The minimum absolute atomic E-state index is 0.158. The molecule has 0 spiro atoms. The van der Waals surface area contributed by atoms with Crippen molar-refractivity contribution in [2.24, 2.45) is 0 Å². The lowest BCUT2D eigenvalue weighted by atomic mass is 10.1. The Morgan fingerprint density at radius 1 is 1.14 bits per heavy atom. The standard InChI is InChI=1S/C21H22N4O3S/c1-11-17-12(2)22-19(14-6-7-14)23-21(17)29-18(11)20(27)25-24-16(26)10-13-4-8-15(28-3)9-5-13/h4-5,8-9,14H,6-7,10H2,1-3H3,(H,24,26)(H,25,27). The first-order valence-electron chi connectivity index (χ1n) is 9.46. The van der Waals surface area contributed by atoms with Gasteiger partial charge in [0.25, 0.3) is 5.91 Å². The third-order valence-corrected chi connectivity index (χ3v) is 6.16. The number of thiophene rings is 1. The normalized spacial score (nSPS) is 13.3. The molecule has 2 aromatic heterocycles. The number of carbonyl (C=O) groups is 2. The van der Waals surface area contributed by atoms with Gasteiger partial charge < -0.3 is 4.74 Å². The van der Waals surface area contributed by atoms with E-state index in [1.165, 1.54) is 11.3 Å². The third kappa shape index (κ3) is 4.07. The zero-order chi connectivity index (χ0) is 20.5. The topological polar surface area (TPSA) is 93.2 Å². The number of carbonyl (C=O) groups excluding carboxylic acids is 2. The summed E-state index contributed by atoms with van der Waals surface area (Å²) >= 11 is 1.34. The molecule has 2 amide bonds. The lowest BCUT2D eigenvalue weighted by molar-refractivity contribution is -0.121. The molecule has 29 heavy (non-hydrogen) atoms. The Kier molecular flexibility index (Phi) is 5.19. The first-order valence-corrected chi connectivity index (χ1v) is 10.3. The van der Waals surface area contributed by atoms with Crippen molar-refractivity contribution in [1.29, 1.82) is 0 Å². The second-order valence-corrected chi connectivity index (χ2v) is 8.20. The number of ether oxygens (including phenoxy) is 1. The fourth-order valence-corrected chi connectivity index (χ4v) is 4.39. The highest BCUT2D eigenvalue weighted by atomic mass is 32.1. The van der Waals surface area contributed by atoms with Gasteiger partial charge >= 0.3 is 0 Å². The van der Waals surface area contributed by atoms with E-state index in [2.05, 4.69) is 20.8 Å². The molecule has 1 aliphatic rings.